The molecule has 2 aromatic carbocycles. The van der Waals surface area contributed by atoms with E-state index in [1.54, 1.807) is 17.5 Å². The highest BCUT2D eigenvalue weighted by Crippen LogP contribution is 2.28. The Labute approximate surface area is 155 Å². The number of aromatic nitrogens is 1. The van der Waals surface area contributed by atoms with Crippen molar-refractivity contribution in [2.24, 2.45) is 0 Å². The first kappa shape index (κ1) is 17.2. The minimum Gasteiger partial charge on any atom is -0.772 e. The Kier molecular flexibility index (Phi) is 5.73. The van der Waals surface area contributed by atoms with Crippen LogP contribution in [0.1, 0.15) is 21.7 Å². The van der Waals surface area contributed by atoms with Crippen LogP contribution >= 0.6 is 27.3 Å². The van der Waals surface area contributed by atoms with Gasteiger partial charge in [-0.2, -0.15) is 0 Å². The summed E-state index contributed by atoms with van der Waals surface area (Å²) in [5.41, 5.74) is 3.86. The molecule has 3 rings (SSSR count). The first-order valence-electron chi connectivity index (χ1n) is 7.14. The molecule has 0 spiro atoms. The lowest BCUT2D eigenvalue weighted by Gasteiger charge is -2.09. The Morgan fingerprint density at radius 2 is 2.04 bits per heavy atom. The van der Waals surface area contributed by atoms with Crippen LogP contribution in [0.5, 0.6) is 0 Å². The molecule has 6 heteroatoms. The van der Waals surface area contributed by atoms with Crippen LogP contribution in [0.15, 0.2) is 64.6 Å². The van der Waals surface area contributed by atoms with Crippen LogP contribution in [-0.2, 0) is 16.8 Å². The standard InChI is InChI=1S/C18H14BrNO2S2/c19-16-3-1-2-14(10-16)11-17(18-20-8-9-23-18)15-6-4-13(5-7-15)12-24(21)22/h1-11H,12H2,(H,21,22)/p-1. The van der Waals surface area contributed by atoms with Gasteiger partial charge in [0.05, 0.1) is 0 Å². The maximum atomic E-state index is 10.8. The van der Waals surface area contributed by atoms with Crippen molar-refractivity contribution < 1.29 is 8.76 Å². The van der Waals surface area contributed by atoms with E-state index < -0.39 is 11.1 Å². The lowest BCUT2D eigenvalue weighted by molar-refractivity contribution is 0.536. The summed E-state index contributed by atoms with van der Waals surface area (Å²) < 4.78 is 22.7. The van der Waals surface area contributed by atoms with Gasteiger partial charge >= 0.3 is 0 Å². The molecule has 0 aliphatic carbocycles. The second-order valence-electron chi connectivity index (χ2n) is 5.10. The van der Waals surface area contributed by atoms with Crippen molar-refractivity contribution in [2.75, 3.05) is 0 Å². The smallest absolute Gasteiger partial charge is 0.123 e. The van der Waals surface area contributed by atoms with E-state index in [9.17, 15) is 8.76 Å². The summed E-state index contributed by atoms with van der Waals surface area (Å²) in [5.74, 6) is 0.0300. The Hall–Kier alpha value is -1.60. The Morgan fingerprint density at radius 1 is 1.25 bits per heavy atom. The number of nitrogens with zero attached hydrogens (tertiary/aromatic N) is 1. The van der Waals surface area contributed by atoms with Crippen LogP contribution in [0.25, 0.3) is 11.6 Å². The van der Waals surface area contributed by atoms with E-state index in [0.717, 1.165) is 31.7 Å². The molecule has 0 radical (unpaired) electrons. The van der Waals surface area contributed by atoms with Gasteiger partial charge in [0.25, 0.3) is 0 Å². The summed E-state index contributed by atoms with van der Waals surface area (Å²) in [4.78, 5) is 4.42. The topological polar surface area (TPSA) is 53.0 Å². The molecule has 0 saturated carbocycles. The van der Waals surface area contributed by atoms with Gasteiger partial charge in [-0.1, -0.05) is 63.4 Å². The van der Waals surface area contributed by atoms with Crippen molar-refractivity contribution in [3.63, 3.8) is 0 Å². The number of halogens is 1. The van der Waals surface area contributed by atoms with Gasteiger partial charge in [-0.25, -0.2) is 4.98 Å². The third kappa shape index (κ3) is 4.48. The van der Waals surface area contributed by atoms with Gasteiger partial charge < -0.3 is 4.55 Å². The second kappa shape index (κ2) is 7.98. The van der Waals surface area contributed by atoms with E-state index in [1.807, 2.05) is 53.9 Å². The molecule has 0 amide bonds. The zero-order chi connectivity index (χ0) is 16.9. The van der Waals surface area contributed by atoms with Crippen LogP contribution < -0.4 is 0 Å². The summed E-state index contributed by atoms with van der Waals surface area (Å²) in [7, 11) is 0. The minimum atomic E-state index is -2.08. The van der Waals surface area contributed by atoms with Crippen molar-refractivity contribution in [1.29, 1.82) is 0 Å². The van der Waals surface area contributed by atoms with Crippen molar-refractivity contribution in [2.45, 2.75) is 5.75 Å². The maximum Gasteiger partial charge on any atom is 0.123 e. The van der Waals surface area contributed by atoms with Crippen LogP contribution in [0.3, 0.4) is 0 Å². The third-order valence-electron chi connectivity index (χ3n) is 3.37. The third-order valence-corrected chi connectivity index (χ3v) is 5.24. The van der Waals surface area contributed by atoms with Crippen molar-refractivity contribution >= 4 is 50.0 Å². The van der Waals surface area contributed by atoms with E-state index in [0.29, 0.717) is 0 Å². The molecular formula is C18H13BrNO2S2-. The molecule has 3 aromatic rings. The fourth-order valence-corrected chi connectivity index (χ4v) is 3.86. The monoisotopic (exact) mass is 418 g/mol. The molecular weight excluding hydrogens is 406 g/mol. The molecule has 1 atom stereocenters. The van der Waals surface area contributed by atoms with Gasteiger partial charge in [-0.15, -0.1) is 11.3 Å². The molecule has 0 aliphatic heterocycles. The zero-order valence-corrected chi connectivity index (χ0v) is 15.7. The van der Waals surface area contributed by atoms with Crippen LogP contribution in [0.2, 0.25) is 0 Å². The highest BCUT2D eigenvalue weighted by Gasteiger charge is 2.08. The molecule has 3 nitrogen and oxygen atoms in total. The van der Waals surface area contributed by atoms with Crippen LogP contribution in [-0.4, -0.2) is 13.7 Å². The van der Waals surface area contributed by atoms with Gasteiger partial charge in [-0.05, 0) is 34.9 Å². The first-order valence-corrected chi connectivity index (χ1v) is 10.1. The molecule has 1 unspecified atom stereocenters. The van der Waals surface area contributed by atoms with E-state index >= 15 is 0 Å². The number of benzene rings is 2. The Bertz CT molecular complexity index is 874. The molecule has 0 saturated heterocycles. The molecule has 24 heavy (non-hydrogen) atoms. The normalized spacial score (nSPS) is 13.0. The largest absolute Gasteiger partial charge is 0.772 e. The van der Waals surface area contributed by atoms with Crippen molar-refractivity contribution in [3.8, 4) is 0 Å². The number of thiazole rings is 1. The molecule has 0 aliphatic rings. The summed E-state index contributed by atoms with van der Waals surface area (Å²) in [6, 6.07) is 15.6. The van der Waals surface area contributed by atoms with E-state index in [-0.39, 0.29) is 5.75 Å². The second-order valence-corrected chi connectivity index (χ2v) is 7.80. The van der Waals surface area contributed by atoms with E-state index in [2.05, 4.69) is 27.0 Å². The average molecular weight is 419 g/mol. The highest BCUT2D eigenvalue weighted by molar-refractivity contribution is 9.10. The van der Waals surface area contributed by atoms with Gasteiger partial charge in [0, 0.05) is 27.4 Å². The molecule has 1 heterocycles. The number of hydrogen-bond donors (Lipinski definition) is 0. The van der Waals surface area contributed by atoms with Crippen molar-refractivity contribution in [3.05, 3.63) is 86.3 Å². The predicted molar refractivity (Wildman–Crippen MR) is 102 cm³/mol. The highest BCUT2D eigenvalue weighted by atomic mass is 79.9. The fourth-order valence-electron chi connectivity index (χ4n) is 2.30. The summed E-state index contributed by atoms with van der Waals surface area (Å²) in [6.45, 7) is 0. The Morgan fingerprint density at radius 3 is 2.67 bits per heavy atom. The zero-order valence-electron chi connectivity index (χ0n) is 12.5. The minimum absolute atomic E-state index is 0.0300. The average Bonchev–Trinajstić information content (AvgIpc) is 3.07. The fraction of sp³-hybridized carbons (Fsp3) is 0.0556. The lowest BCUT2D eigenvalue weighted by Crippen LogP contribution is -1.94. The SMILES string of the molecule is O=S([O-])Cc1ccc(C(=Cc2cccc(Br)c2)c2nccs2)cc1. The molecule has 122 valence electrons. The first-order chi connectivity index (χ1) is 11.6. The van der Waals surface area contributed by atoms with Crippen LogP contribution in [0.4, 0.5) is 0 Å². The van der Waals surface area contributed by atoms with Gasteiger partial charge in [-0.3, -0.25) is 4.21 Å². The number of hydrogen-bond acceptors (Lipinski definition) is 4. The number of rotatable bonds is 5. The lowest BCUT2D eigenvalue weighted by atomic mass is 10.0. The summed E-state index contributed by atoms with van der Waals surface area (Å²) in [5, 5.41) is 2.87. The van der Waals surface area contributed by atoms with E-state index in [1.165, 1.54) is 0 Å². The van der Waals surface area contributed by atoms with Gasteiger partial charge in [0.15, 0.2) is 0 Å². The summed E-state index contributed by atoms with van der Waals surface area (Å²) in [6.07, 6.45) is 3.87. The molecule has 0 N–H and O–H groups in total. The predicted octanol–water partition coefficient (Wildman–Crippen LogP) is 4.87. The molecule has 0 bridgehead atoms. The quantitative estimate of drug-likeness (QED) is 0.438. The van der Waals surface area contributed by atoms with E-state index in [4.69, 9.17) is 0 Å². The van der Waals surface area contributed by atoms with Gasteiger partial charge in [0.1, 0.15) is 5.01 Å². The summed E-state index contributed by atoms with van der Waals surface area (Å²) >= 11 is 2.99. The maximum absolute atomic E-state index is 10.8. The van der Waals surface area contributed by atoms with Crippen LogP contribution in [0, 0.1) is 0 Å². The van der Waals surface area contributed by atoms with Crippen molar-refractivity contribution in [1.82, 2.24) is 4.98 Å². The molecule has 0 fully saturated rings. The molecule has 1 aromatic heterocycles. The van der Waals surface area contributed by atoms with Gasteiger partial charge in [0.2, 0.25) is 0 Å². The Balaban J connectivity index is 2.01.